The molecule has 0 spiro atoms. The molecular weight excluding hydrogens is 524 g/mol. The number of nitrogens with two attached hydrogens (primary N) is 1. The van der Waals surface area contributed by atoms with Gasteiger partial charge in [-0.05, 0) is 57.9 Å². The molecule has 0 rings (SSSR count). The number of ether oxygens (including phenoxy) is 2. The van der Waals surface area contributed by atoms with Crippen molar-refractivity contribution < 1.29 is 23.5 Å². The SMILES string of the molecule is CCCCC=CCCCCCCCC(=O)OCC(C[N+](C)(C)CCCN)OC(=O)CCCCCCCC=CCCCC. The number of allylic oxidation sites excluding steroid dienone is 4. The standard InChI is InChI=1S/C36H69N2O4/c1-5-7-9-11-13-15-17-19-21-23-25-28-35(39)41-33-34(32-38(3,4)31-27-30-37)42-36(40)29-26-24-22-20-18-16-14-12-10-8-6-2/h11-14,34H,5-10,15-33,37H2,1-4H3/q+1. The predicted octanol–water partition coefficient (Wildman–Crippen LogP) is 8.82. The smallest absolute Gasteiger partial charge is 0.306 e. The van der Waals surface area contributed by atoms with Crippen LogP contribution in [-0.4, -0.2) is 62.9 Å². The van der Waals surface area contributed by atoms with Crippen LogP contribution in [0.4, 0.5) is 0 Å². The molecule has 0 aromatic carbocycles. The van der Waals surface area contributed by atoms with Crippen molar-refractivity contribution in [2.45, 2.75) is 155 Å². The van der Waals surface area contributed by atoms with Crippen LogP contribution in [0.25, 0.3) is 0 Å². The van der Waals surface area contributed by atoms with E-state index in [-0.39, 0.29) is 18.5 Å². The summed E-state index contributed by atoms with van der Waals surface area (Å²) in [7, 11) is 4.22. The van der Waals surface area contributed by atoms with Gasteiger partial charge in [0.15, 0.2) is 6.10 Å². The monoisotopic (exact) mass is 594 g/mol. The molecule has 0 amide bonds. The molecule has 2 N–H and O–H groups in total. The highest BCUT2D eigenvalue weighted by Crippen LogP contribution is 2.13. The van der Waals surface area contributed by atoms with Crippen molar-refractivity contribution in [2.24, 2.45) is 5.73 Å². The molecule has 0 aromatic heterocycles. The van der Waals surface area contributed by atoms with E-state index in [4.69, 9.17) is 15.2 Å². The Bertz CT molecular complexity index is 690. The highest BCUT2D eigenvalue weighted by molar-refractivity contribution is 5.70. The number of unbranched alkanes of at least 4 members (excludes halogenated alkanes) is 14. The van der Waals surface area contributed by atoms with Gasteiger partial charge in [0.1, 0.15) is 13.2 Å². The van der Waals surface area contributed by atoms with E-state index in [9.17, 15) is 9.59 Å². The minimum absolute atomic E-state index is 0.130. The van der Waals surface area contributed by atoms with Crippen LogP contribution in [0.1, 0.15) is 149 Å². The molecule has 0 aliphatic carbocycles. The van der Waals surface area contributed by atoms with Gasteiger partial charge in [-0.25, -0.2) is 0 Å². The van der Waals surface area contributed by atoms with Gasteiger partial charge in [0.05, 0.1) is 20.6 Å². The highest BCUT2D eigenvalue weighted by atomic mass is 16.6. The number of esters is 2. The molecule has 0 saturated carbocycles. The van der Waals surface area contributed by atoms with Gasteiger partial charge in [-0.2, -0.15) is 0 Å². The predicted molar refractivity (Wildman–Crippen MR) is 178 cm³/mol. The largest absolute Gasteiger partial charge is 0.461 e. The first-order valence-electron chi connectivity index (χ1n) is 17.5. The van der Waals surface area contributed by atoms with Crippen molar-refractivity contribution in [3.05, 3.63) is 24.3 Å². The molecule has 6 heteroatoms. The molecule has 0 radical (unpaired) electrons. The molecule has 246 valence electrons. The summed E-state index contributed by atoms with van der Waals surface area (Å²) < 4.78 is 12.1. The van der Waals surface area contributed by atoms with Gasteiger partial charge in [0.2, 0.25) is 0 Å². The quantitative estimate of drug-likeness (QED) is 0.0390. The van der Waals surface area contributed by atoms with Crippen LogP contribution in [0.2, 0.25) is 0 Å². The topological polar surface area (TPSA) is 78.6 Å². The Labute approximate surface area is 260 Å². The third-order valence-corrected chi connectivity index (χ3v) is 7.68. The number of hydrogen-bond acceptors (Lipinski definition) is 5. The van der Waals surface area contributed by atoms with Crippen molar-refractivity contribution in [1.82, 2.24) is 0 Å². The summed E-state index contributed by atoms with van der Waals surface area (Å²) >= 11 is 0. The minimum atomic E-state index is -0.431. The second-order valence-electron chi connectivity index (χ2n) is 12.6. The number of rotatable bonds is 30. The van der Waals surface area contributed by atoms with Gasteiger partial charge in [-0.15, -0.1) is 0 Å². The average Bonchev–Trinajstić information content (AvgIpc) is 2.96. The molecular formula is C36H69N2O4+. The fourth-order valence-corrected chi connectivity index (χ4v) is 5.03. The first-order chi connectivity index (χ1) is 20.3. The summed E-state index contributed by atoms with van der Waals surface area (Å²) in [5.74, 6) is -0.378. The second kappa shape index (κ2) is 29.4. The Morgan fingerprint density at radius 3 is 1.60 bits per heavy atom. The van der Waals surface area contributed by atoms with Crippen LogP contribution >= 0.6 is 0 Å². The fourth-order valence-electron chi connectivity index (χ4n) is 5.03. The third kappa shape index (κ3) is 28.5. The molecule has 0 aliphatic heterocycles. The minimum Gasteiger partial charge on any atom is -0.461 e. The zero-order chi connectivity index (χ0) is 31.2. The van der Waals surface area contributed by atoms with Crippen molar-refractivity contribution in [2.75, 3.05) is 40.3 Å². The van der Waals surface area contributed by atoms with E-state index in [1.165, 1.54) is 64.2 Å². The Morgan fingerprint density at radius 1 is 0.643 bits per heavy atom. The normalized spacial score (nSPS) is 12.8. The number of carbonyl (C=O) groups excluding carboxylic acids is 2. The van der Waals surface area contributed by atoms with Crippen LogP contribution in [0.5, 0.6) is 0 Å². The van der Waals surface area contributed by atoms with Crippen molar-refractivity contribution >= 4 is 11.9 Å². The van der Waals surface area contributed by atoms with E-state index in [1.54, 1.807) is 0 Å². The molecule has 0 aliphatic rings. The Balaban J connectivity index is 4.29. The lowest BCUT2D eigenvalue weighted by atomic mass is 10.1. The molecule has 6 nitrogen and oxygen atoms in total. The molecule has 0 fully saturated rings. The Morgan fingerprint density at radius 2 is 1.10 bits per heavy atom. The summed E-state index contributed by atoms with van der Waals surface area (Å²) in [5, 5.41) is 0. The Kier molecular flexibility index (Phi) is 28.3. The van der Waals surface area contributed by atoms with Crippen LogP contribution in [0.15, 0.2) is 24.3 Å². The van der Waals surface area contributed by atoms with Crippen LogP contribution in [-0.2, 0) is 19.1 Å². The third-order valence-electron chi connectivity index (χ3n) is 7.68. The maximum Gasteiger partial charge on any atom is 0.306 e. The Hall–Kier alpha value is -1.66. The van der Waals surface area contributed by atoms with Crippen molar-refractivity contribution in [1.29, 1.82) is 0 Å². The van der Waals surface area contributed by atoms with E-state index in [0.717, 1.165) is 64.3 Å². The zero-order valence-corrected chi connectivity index (χ0v) is 28.2. The lowest BCUT2D eigenvalue weighted by molar-refractivity contribution is -0.893. The second-order valence-corrected chi connectivity index (χ2v) is 12.6. The molecule has 1 atom stereocenters. The maximum absolute atomic E-state index is 12.6. The van der Waals surface area contributed by atoms with Crippen LogP contribution in [0, 0.1) is 0 Å². The summed E-state index contributed by atoms with van der Waals surface area (Å²) in [6, 6.07) is 0. The van der Waals surface area contributed by atoms with Gasteiger partial charge in [0, 0.05) is 19.3 Å². The first kappa shape index (κ1) is 40.3. The van der Waals surface area contributed by atoms with Gasteiger partial charge in [-0.3, -0.25) is 9.59 Å². The summed E-state index contributed by atoms with van der Waals surface area (Å²) in [4.78, 5) is 25.1. The molecule has 42 heavy (non-hydrogen) atoms. The number of carbonyl (C=O) groups is 2. The van der Waals surface area contributed by atoms with Crippen molar-refractivity contribution in [3.63, 3.8) is 0 Å². The van der Waals surface area contributed by atoms with Crippen LogP contribution < -0.4 is 5.73 Å². The fraction of sp³-hybridized carbons (Fsp3) is 0.833. The average molecular weight is 594 g/mol. The number of nitrogens with zero attached hydrogens (tertiary/aromatic N) is 1. The lowest BCUT2D eigenvalue weighted by Crippen LogP contribution is -2.49. The molecule has 0 bridgehead atoms. The van der Waals surface area contributed by atoms with Crippen molar-refractivity contribution in [3.8, 4) is 0 Å². The zero-order valence-electron chi connectivity index (χ0n) is 28.2. The van der Waals surface area contributed by atoms with E-state index in [1.807, 2.05) is 0 Å². The van der Waals surface area contributed by atoms with E-state index in [0.29, 0.717) is 30.4 Å². The maximum atomic E-state index is 12.6. The van der Waals surface area contributed by atoms with E-state index in [2.05, 4.69) is 52.2 Å². The lowest BCUT2D eigenvalue weighted by Gasteiger charge is -2.33. The molecule has 0 heterocycles. The van der Waals surface area contributed by atoms with Gasteiger partial charge < -0.3 is 19.7 Å². The molecule has 1 unspecified atom stereocenters. The first-order valence-corrected chi connectivity index (χ1v) is 17.5. The number of hydrogen-bond donors (Lipinski definition) is 1. The van der Waals surface area contributed by atoms with Gasteiger partial charge in [0.25, 0.3) is 0 Å². The number of quaternary nitrogens is 1. The summed E-state index contributed by atoms with van der Waals surface area (Å²) in [5.41, 5.74) is 5.72. The van der Waals surface area contributed by atoms with E-state index >= 15 is 0 Å². The van der Waals surface area contributed by atoms with Crippen LogP contribution in [0.3, 0.4) is 0 Å². The number of likely N-dealkylation sites (N-methyl/N-ethyl adjacent to an activating group) is 1. The molecule has 0 saturated heterocycles. The van der Waals surface area contributed by atoms with E-state index < -0.39 is 6.10 Å². The molecule has 0 aromatic rings. The highest BCUT2D eigenvalue weighted by Gasteiger charge is 2.26. The van der Waals surface area contributed by atoms with Gasteiger partial charge in [-0.1, -0.05) is 102 Å². The summed E-state index contributed by atoms with van der Waals surface area (Å²) in [6.45, 7) is 6.71. The summed E-state index contributed by atoms with van der Waals surface area (Å²) in [6.07, 6.45) is 31.2. The van der Waals surface area contributed by atoms with Gasteiger partial charge >= 0.3 is 11.9 Å².